The smallest absolute Gasteiger partial charge is 0.250 e. The number of hydrogen-bond donors (Lipinski definition) is 3. The molecule has 1 aliphatic heterocycles. The van der Waals surface area contributed by atoms with Gasteiger partial charge in [-0.3, -0.25) is 4.98 Å². The van der Waals surface area contributed by atoms with Crippen LogP contribution in [0.15, 0.2) is 67.0 Å². The van der Waals surface area contributed by atoms with Crippen molar-refractivity contribution in [3.63, 3.8) is 0 Å². The second kappa shape index (κ2) is 9.13. The quantitative estimate of drug-likeness (QED) is 0.464. The summed E-state index contributed by atoms with van der Waals surface area (Å²) in [4.78, 5) is 4.17. The molecular weight excluding hydrogens is 468 g/mol. The highest BCUT2D eigenvalue weighted by Crippen LogP contribution is 2.69. The van der Waals surface area contributed by atoms with E-state index in [9.17, 15) is 24.3 Å². The van der Waals surface area contributed by atoms with Gasteiger partial charge in [-0.2, -0.15) is 5.26 Å². The molecule has 2 aromatic carbocycles. The third-order valence-electron chi connectivity index (χ3n) is 7.29. The van der Waals surface area contributed by atoms with E-state index in [0.717, 1.165) is 5.56 Å². The number of nitriles is 1. The van der Waals surface area contributed by atoms with Crippen LogP contribution in [0.25, 0.3) is 0 Å². The van der Waals surface area contributed by atoms with E-state index in [1.807, 2.05) is 30.3 Å². The molecule has 36 heavy (non-hydrogen) atoms. The minimum Gasteiger partial charge on any atom is -0.495 e. The van der Waals surface area contributed by atoms with Gasteiger partial charge in [0.2, 0.25) is 0 Å². The van der Waals surface area contributed by atoms with Gasteiger partial charge >= 0.3 is 0 Å². The van der Waals surface area contributed by atoms with Crippen molar-refractivity contribution < 1.29 is 28.5 Å². The highest BCUT2D eigenvalue weighted by atomic mass is 19.3. The predicted molar refractivity (Wildman–Crippen MR) is 126 cm³/mol. The van der Waals surface area contributed by atoms with Crippen LogP contribution in [-0.2, 0) is 11.2 Å². The summed E-state index contributed by atoms with van der Waals surface area (Å²) in [6.07, 6.45) is -1.11. The Hall–Kier alpha value is -3.58. The van der Waals surface area contributed by atoms with Crippen LogP contribution in [0.2, 0.25) is 0 Å². The van der Waals surface area contributed by atoms with Crippen molar-refractivity contribution in [2.24, 2.45) is 5.92 Å². The first kappa shape index (κ1) is 24.1. The van der Waals surface area contributed by atoms with Gasteiger partial charge in [-0.15, -0.1) is 0 Å². The summed E-state index contributed by atoms with van der Waals surface area (Å²) in [6.45, 7) is -0.560. The normalized spacial score (nSPS) is 28.3. The summed E-state index contributed by atoms with van der Waals surface area (Å²) in [5.41, 5.74) is -1.67. The van der Waals surface area contributed by atoms with Crippen LogP contribution in [0, 0.1) is 17.2 Å². The molecule has 3 N–H and O–H groups in total. The van der Waals surface area contributed by atoms with Crippen LogP contribution in [0.1, 0.15) is 28.2 Å². The fourth-order valence-corrected chi connectivity index (χ4v) is 5.91. The lowest BCUT2D eigenvalue weighted by atomic mass is 9.70. The minimum atomic E-state index is -2.57. The summed E-state index contributed by atoms with van der Waals surface area (Å²) < 4.78 is 38.1. The molecule has 1 fully saturated rings. The first-order chi connectivity index (χ1) is 17.4. The monoisotopic (exact) mass is 493 g/mol. The molecule has 7 nitrogen and oxygen atoms in total. The Balaban J connectivity index is 1.78. The molecule has 1 aliphatic carbocycles. The lowest BCUT2D eigenvalue weighted by molar-refractivity contribution is -0.152. The maximum atomic E-state index is 13.0. The number of ether oxygens (including phenoxy) is 2. The lowest BCUT2D eigenvalue weighted by Gasteiger charge is -2.41. The Kier molecular flexibility index (Phi) is 6.12. The molecule has 9 heteroatoms. The Labute approximate surface area is 206 Å². The zero-order valence-corrected chi connectivity index (χ0v) is 19.4. The molecule has 1 aromatic heterocycles. The number of methoxy groups -OCH3 is 1. The Morgan fingerprint density at radius 1 is 1.17 bits per heavy atom. The molecule has 3 aromatic rings. The van der Waals surface area contributed by atoms with Gasteiger partial charge in [-0.25, -0.2) is 8.78 Å². The van der Waals surface area contributed by atoms with Crippen LogP contribution < -0.4 is 14.8 Å². The Bertz CT molecular complexity index is 1280. The second-order valence-electron chi connectivity index (χ2n) is 9.05. The highest BCUT2D eigenvalue weighted by Gasteiger charge is 2.76. The maximum absolute atomic E-state index is 13.0. The molecule has 186 valence electrons. The van der Waals surface area contributed by atoms with Crippen molar-refractivity contribution in [1.29, 1.82) is 5.26 Å². The van der Waals surface area contributed by atoms with Crippen LogP contribution in [0.3, 0.4) is 0 Å². The lowest BCUT2D eigenvalue weighted by Crippen LogP contribution is -2.52. The first-order valence-electron chi connectivity index (χ1n) is 11.5. The zero-order valence-electron chi connectivity index (χ0n) is 19.4. The van der Waals surface area contributed by atoms with E-state index in [-0.39, 0.29) is 23.6 Å². The molecule has 5 rings (SSSR count). The molecule has 0 radical (unpaired) electrons. The minimum absolute atomic E-state index is 0.00248. The van der Waals surface area contributed by atoms with Gasteiger partial charge in [-0.05, 0) is 23.3 Å². The Morgan fingerprint density at radius 2 is 1.89 bits per heavy atom. The summed E-state index contributed by atoms with van der Waals surface area (Å²) in [7, 11) is 1.43. The van der Waals surface area contributed by atoms with Gasteiger partial charge in [0.15, 0.2) is 11.2 Å². The van der Waals surface area contributed by atoms with Crippen molar-refractivity contribution in [2.75, 3.05) is 20.2 Å². The summed E-state index contributed by atoms with van der Waals surface area (Å²) in [5.74, 6) is -0.913. The summed E-state index contributed by atoms with van der Waals surface area (Å²) >= 11 is 0. The van der Waals surface area contributed by atoms with E-state index in [2.05, 4.69) is 16.4 Å². The van der Waals surface area contributed by atoms with Crippen LogP contribution in [-0.4, -0.2) is 47.9 Å². The van der Waals surface area contributed by atoms with E-state index in [1.54, 1.807) is 24.3 Å². The van der Waals surface area contributed by atoms with Crippen LogP contribution >= 0.6 is 0 Å². The molecule has 2 heterocycles. The van der Waals surface area contributed by atoms with E-state index < -0.39 is 42.1 Å². The van der Waals surface area contributed by atoms with Gasteiger partial charge in [-0.1, -0.05) is 42.5 Å². The molecule has 0 bridgehead atoms. The zero-order chi connectivity index (χ0) is 25.5. The number of halogens is 2. The van der Waals surface area contributed by atoms with E-state index in [0.29, 0.717) is 11.1 Å². The van der Waals surface area contributed by atoms with E-state index in [1.165, 1.54) is 19.5 Å². The second-order valence-corrected chi connectivity index (χ2v) is 9.05. The molecule has 2 aliphatic rings. The van der Waals surface area contributed by atoms with Gasteiger partial charge in [0.05, 0.1) is 49.3 Å². The maximum Gasteiger partial charge on any atom is 0.250 e. The van der Waals surface area contributed by atoms with Crippen LogP contribution in [0.4, 0.5) is 8.78 Å². The van der Waals surface area contributed by atoms with Gasteiger partial charge in [0.25, 0.3) is 6.43 Å². The third kappa shape index (κ3) is 3.37. The molecule has 1 unspecified atom stereocenters. The number of aliphatic hydroxyl groups is 2. The standard InChI is InChI=1S/C27H25F2N3O4/c1-35-20-13-32-14-21-24(20)26(34)25(33)19(12-31-15-22(28)29)23(17-5-3-2-4-6-17)27(26,36-21)18-9-7-16(11-30)8-10-18/h2-10,13-14,19,22-23,25,31,33-34H,12,15H2,1H3/t19-,23?,25-,26+,27+/m1/s1. The molecule has 0 amide bonds. The topological polar surface area (TPSA) is 108 Å². The van der Waals surface area contributed by atoms with Crippen molar-refractivity contribution in [3.05, 3.63) is 89.2 Å². The number of nitrogens with one attached hydrogen (secondary N) is 1. The number of alkyl halides is 2. The van der Waals surface area contributed by atoms with Gasteiger partial charge in [0, 0.05) is 18.4 Å². The van der Waals surface area contributed by atoms with Gasteiger partial charge in [0.1, 0.15) is 11.5 Å². The predicted octanol–water partition coefficient (Wildman–Crippen LogP) is 3.07. The number of aromatic nitrogens is 1. The summed E-state index contributed by atoms with van der Waals surface area (Å²) in [5, 5.41) is 36.5. The van der Waals surface area contributed by atoms with Crippen molar-refractivity contribution >= 4 is 0 Å². The molecule has 5 atom stereocenters. The molecular formula is C27H25F2N3O4. The van der Waals surface area contributed by atoms with Gasteiger partial charge < -0.3 is 25.0 Å². The van der Waals surface area contributed by atoms with Crippen LogP contribution in [0.5, 0.6) is 11.5 Å². The third-order valence-corrected chi connectivity index (χ3v) is 7.29. The largest absolute Gasteiger partial charge is 0.495 e. The first-order valence-corrected chi connectivity index (χ1v) is 11.5. The molecule has 0 spiro atoms. The van der Waals surface area contributed by atoms with E-state index >= 15 is 0 Å². The SMILES string of the molecule is COc1cncc2c1[C@]1(O)[C@H](O)[C@H](CNCC(F)F)C(c3ccccc3)[C@]1(c1ccc(C#N)cc1)O2. The number of benzene rings is 2. The fraction of sp³-hybridized carbons (Fsp3) is 0.333. The highest BCUT2D eigenvalue weighted by molar-refractivity contribution is 5.59. The summed E-state index contributed by atoms with van der Waals surface area (Å²) in [6, 6.07) is 17.9. The molecule has 1 saturated carbocycles. The number of nitrogens with zero attached hydrogens (tertiary/aromatic N) is 2. The number of pyridine rings is 1. The van der Waals surface area contributed by atoms with Crippen molar-refractivity contribution in [1.82, 2.24) is 10.3 Å². The van der Waals surface area contributed by atoms with Crippen molar-refractivity contribution in [2.45, 2.75) is 29.6 Å². The number of aliphatic hydroxyl groups excluding tert-OH is 1. The Morgan fingerprint density at radius 3 is 2.53 bits per heavy atom. The average Bonchev–Trinajstić information content (AvgIpc) is 3.27. The average molecular weight is 494 g/mol. The number of rotatable bonds is 7. The van der Waals surface area contributed by atoms with Crippen molar-refractivity contribution in [3.8, 4) is 17.6 Å². The fourth-order valence-electron chi connectivity index (χ4n) is 5.91. The van der Waals surface area contributed by atoms with E-state index in [4.69, 9.17) is 9.47 Å². The molecule has 0 saturated heterocycles. The number of hydrogen-bond acceptors (Lipinski definition) is 7. The number of fused-ring (bicyclic) bond motifs is 3.